The molecule has 0 saturated heterocycles. The standard InChI is InChI=1S/C9H12ClN3O2/c1-9(2,8(14)15)5-12-7-4-11-3-6(10)13-7/h3-4H,5H2,1-2H3,(H,12,13)(H,14,15). The minimum Gasteiger partial charge on any atom is -0.481 e. The molecule has 0 aliphatic heterocycles. The summed E-state index contributed by atoms with van der Waals surface area (Å²) in [6.07, 6.45) is 2.90. The molecule has 0 atom stereocenters. The lowest BCUT2D eigenvalue weighted by molar-refractivity contribution is -0.146. The van der Waals surface area contributed by atoms with E-state index in [9.17, 15) is 4.79 Å². The first-order valence-electron chi connectivity index (χ1n) is 4.36. The molecule has 0 fully saturated rings. The van der Waals surface area contributed by atoms with Gasteiger partial charge in [-0.3, -0.25) is 9.78 Å². The van der Waals surface area contributed by atoms with Crippen molar-refractivity contribution in [2.45, 2.75) is 13.8 Å². The minimum absolute atomic E-state index is 0.261. The zero-order chi connectivity index (χ0) is 11.5. The van der Waals surface area contributed by atoms with Crippen molar-refractivity contribution in [2.24, 2.45) is 5.41 Å². The summed E-state index contributed by atoms with van der Waals surface area (Å²) < 4.78 is 0. The molecule has 82 valence electrons. The molecular weight excluding hydrogens is 218 g/mol. The summed E-state index contributed by atoms with van der Waals surface area (Å²) >= 11 is 5.63. The highest BCUT2D eigenvalue weighted by atomic mass is 35.5. The van der Waals surface area contributed by atoms with Crippen LogP contribution in [0.2, 0.25) is 5.15 Å². The molecule has 1 aromatic heterocycles. The summed E-state index contributed by atoms with van der Waals surface area (Å²) in [5.41, 5.74) is -0.857. The van der Waals surface area contributed by atoms with Gasteiger partial charge in [-0.2, -0.15) is 0 Å². The maximum Gasteiger partial charge on any atom is 0.310 e. The maximum absolute atomic E-state index is 10.8. The molecule has 1 aromatic rings. The molecule has 0 spiro atoms. The lowest BCUT2D eigenvalue weighted by atomic mass is 9.94. The number of nitrogens with one attached hydrogen (secondary N) is 1. The van der Waals surface area contributed by atoms with Gasteiger partial charge < -0.3 is 10.4 Å². The summed E-state index contributed by atoms with van der Waals surface area (Å²) in [6.45, 7) is 3.51. The van der Waals surface area contributed by atoms with Crippen molar-refractivity contribution in [2.75, 3.05) is 11.9 Å². The first-order chi connectivity index (χ1) is 6.92. The highest BCUT2D eigenvalue weighted by Gasteiger charge is 2.26. The van der Waals surface area contributed by atoms with Gasteiger partial charge in [0.1, 0.15) is 11.0 Å². The summed E-state index contributed by atoms with van der Waals surface area (Å²) in [5, 5.41) is 12.0. The first kappa shape index (κ1) is 11.7. The zero-order valence-corrected chi connectivity index (χ0v) is 9.25. The Morgan fingerprint density at radius 2 is 2.27 bits per heavy atom. The van der Waals surface area contributed by atoms with Crippen molar-refractivity contribution in [1.82, 2.24) is 9.97 Å². The third-order valence-corrected chi connectivity index (χ3v) is 2.08. The average Bonchev–Trinajstić information content (AvgIpc) is 2.15. The largest absolute Gasteiger partial charge is 0.481 e. The van der Waals surface area contributed by atoms with E-state index < -0.39 is 11.4 Å². The zero-order valence-electron chi connectivity index (χ0n) is 8.49. The van der Waals surface area contributed by atoms with Crippen LogP contribution in [0.5, 0.6) is 0 Å². The second-order valence-corrected chi connectivity index (χ2v) is 4.16. The van der Waals surface area contributed by atoms with E-state index in [1.54, 1.807) is 13.8 Å². The van der Waals surface area contributed by atoms with Gasteiger partial charge >= 0.3 is 5.97 Å². The van der Waals surface area contributed by atoms with Crippen LogP contribution >= 0.6 is 11.6 Å². The third kappa shape index (κ3) is 3.36. The minimum atomic E-state index is -0.870. The van der Waals surface area contributed by atoms with E-state index in [2.05, 4.69) is 15.3 Å². The van der Waals surface area contributed by atoms with E-state index in [-0.39, 0.29) is 11.7 Å². The number of carbonyl (C=O) groups is 1. The van der Waals surface area contributed by atoms with Crippen LogP contribution in [0.3, 0.4) is 0 Å². The predicted octanol–water partition coefficient (Wildman–Crippen LogP) is 1.65. The predicted molar refractivity (Wildman–Crippen MR) is 56.9 cm³/mol. The van der Waals surface area contributed by atoms with Crippen molar-refractivity contribution in [3.63, 3.8) is 0 Å². The van der Waals surface area contributed by atoms with Crippen LogP contribution in [0.25, 0.3) is 0 Å². The number of carboxylic acid groups (broad SMARTS) is 1. The molecule has 0 radical (unpaired) electrons. The molecule has 0 aliphatic carbocycles. The van der Waals surface area contributed by atoms with Crippen LogP contribution in [0.4, 0.5) is 5.82 Å². The van der Waals surface area contributed by atoms with Crippen LogP contribution < -0.4 is 5.32 Å². The molecule has 0 amide bonds. The average molecular weight is 230 g/mol. The molecule has 0 aliphatic rings. The Labute approximate surface area is 92.5 Å². The normalized spacial score (nSPS) is 11.1. The van der Waals surface area contributed by atoms with Crippen LogP contribution in [0, 0.1) is 5.41 Å². The maximum atomic E-state index is 10.8. The van der Waals surface area contributed by atoms with Gasteiger partial charge in [0.05, 0.1) is 17.8 Å². The molecule has 2 N–H and O–H groups in total. The number of anilines is 1. The summed E-state index contributed by atoms with van der Waals surface area (Å²) in [4.78, 5) is 18.6. The van der Waals surface area contributed by atoms with Crippen molar-refractivity contribution < 1.29 is 9.90 Å². The molecule has 0 unspecified atom stereocenters. The highest BCUT2D eigenvalue weighted by Crippen LogP contribution is 2.16. The Kier molecular flexibility index (Phi) is 3.47. The van der Waals surface area contributed by atoms with Gasteiger partial charge in [0.25, 0.3) is 0 Å². The topological polar surface area (TPSA) is 75.1 Å². The number of carboxylic acids is 1. The van der Waals surface area contributed by atoms with Crippen molar-refractivity contribution in [3.8, 4) is 0 Å². The third-order valence-electron chi connectivity index (χ3n) is 1.90. The van der Waals surface area contributed by atoms with Crippen LogP contribution in [-0.4, -0.2) is 27.6 Å². The molecule has 0 bridgehead atoms. The van der Waals surface area contributed by atoms with Gasteiger partial charge in [-0.25, -0.2) is 4.98 Å². The van der Waals surface area contributed by atoms with Crippen LogP contribution in [0.15, 0.2) is 12.4 Å². The SMILES string of the molecule is CC(C)(CNc1cncc(Cl)n1)C(=O)O. The second kappa shape index (κ2) is 4.44. The number of nitrogens with zero attached hydrogens (tertiary/aromatic N) is 2. The molecule has 5 nitrogen and oxygen atoms in total. The van der Waals surface area contributed by atoms with Gasteiger partial charge in [0, 0.05) is 6.54 Å². The number of rotatable bonds is 4. The van der Waals surface area contributed by atoms with Gasteiger partial charge in [0.2, 0.25) is 0 Å². The molecule has 15 heavy (non-hydrogen) atoms. The number of aliphatic carboxylic acids is 1. The number of hydrogen-bond donors (Lipinski definition) is 2. The van der Waals surface area contributed by atoms with Crippen LogP contribution in [0.1, 0.15) is 13.8 Å². The Morgan fingerprint density at radius 3 is 2.80 bits per heavy atom. The van der Waals surface area contributed by atoms with E-state index in [0.717, 1.165) is 0 Å². The Balaban J connectivity index is 2.61. The van der Waals surface area contributed by atoms with E-state index in [4.69, 9.17) is 16.7 Å². The molecule has 1 heterocycles. The van der Waals surface area contributed by atoms with Gasteiger partial charge in [-0.15, -0.1) is 0 Å². The van der Waals surface area contributed by atoms with E-state index >= 15 is 0 Å². The van der Waals surface area contributed by atoms with E-state index in [1.165, 1.54) is 12.4 Å². The Morgan fingerprint density at radius 1 is 1.60 bits per heavy atom. The molecule has 0 aromatic carbocycles. The summed E-state index contributed by atoms with van der Waals surface area (Å²) in [6, 6.07) is 0. The van der Waals surface area contributed by atoms with E-state index in [0.29, 0.717) is 5.82 Å². The van der Waals surface area contributed by atoms with Gasteiger partial charge in [-0.05, 0) is 13.8 Å². The first-order valence-corrected chi connectivity index (χ1v) is 4.74. The molecular formula is C9H12ClN3O2. The Bertz CT molecular complexity index is 368. The van der Waals surface area contributed by atoms with Crippen molar-refractivity contribution in [3.05, 3.63) is 17.5 Å². The fourth-order valence-corrected chi connectivity index (χ4v) is 0.962. The van der Waals surface area contributed by atoms with E-state index in [1.807, 2.05) is 0 Å². The van der Waals surface area contributed by atoms with Gasteiger partial charge in [0.15, 0.2) is 0 Å². The second-order valence-electron chi connectivity index (χ2n) is 3.77. The molecule has 1 rings (SSSR count). The monoisotopic (exact) mass is 229 g/mol. The fourth-order valence-electron chi connectivity index (χ4n) is 0.814. The molecule has 0 saturated carbocycles. The summed E-state index contributed by atoms with van der Waals surface area (Å²) in [7, 11) is 0. The lowest BCUT2D eigenvalue weighted by Crippen LogP contribution is -2.32. The lowest BCUT2D eigenvalue weighted by Gasteiger charge is -2.19. The van der Waals surface area contributed by atoms with Crippen LogP contribution in [-0.2, 0) is 4.79 Å². The van der Waals surface area contributed by atoms with Gasteiger partial charge in [-0.1, -0.05) is 11.6 Å². The number of aromatic nitrogens is 2. The Hall–Kier alpha value is -1.36. The highest BCUT2D eigenvalue weighted by molar-refractivity contribution is 6.29. The smallest absolute Gasteiger partial charge is 0.310 e. The summed E-state index contributed by atoms with van der Waals surface area (Å²) in [5.74, 6) is -0.401. The fraction of sp³-hybridized carbons (Fsp3) is 0.444. The molecule has 6 heteroatoms. The quantitative estimate of drug-likeness (QED) is 0.821. The number of halogens is 1. The number of hydrogen-bond acceptors (Lipinski definition) is 4. The van der Waals surface area contributed by atoms with Crippen molar-refractivity contribution >= 4 is 23.4 Å². The van der Waals surface area contributed by atoms with Crippen molar-refractivity contribution in [1.29, 1.82) is 0 Å².